The van der Waals surface area contributed by atoms with Gasteiger partial charge < -0.3 is 16.0 Å². The highest BCUT2D eigenvalue weighted by Gasteiger charge is 2.15. The molecule has 0 aromatic heterocycles. The number of anilines is 1. The second-order valence-electron chi connectivity index (χ2n) is 4.62. The number of amides is 2. The Bertz CT molecular complexity index is 446. The van der Waals surface area contributed by atoms with Crippen LogP contribution >= 0.6 is 0 Å². The van der Waals surface area contributed by atoms with E-state index in [0.29, 0.717) is 6.54 Å². The molecule has 19 heavy (non-hydrogen) atoms. The van der Waals surface area contributed by atoms with E-state index < -0.39 is 17.7 Å². The van der Waals surface area contributed by atoms with Gasteiger partial charge in [-0.2, -0.15) is 0 Å². The molecule has 4 nitrogen and oxygen atoms in total. The minimum atomic E-state index is -0.783. The summed E-state index contributed by atoms with van der Waals surface area (Å²) in [6.45, 7) is 1.66. The Morgan fingerprint density at radius 2 is 2.16 bits per heavy atom. The molecule has 0 spiro atoms. The summed E-state index contributed by atoms with van der Waals surface area (Å²) in [7, 11) is 0. The molecule has 1 unspecified atom stereocenters. The van der Waals surface area contributed by atoms with Crippen LogP contribution in [0.2, 0.25) is 0 Å². The maximum absolute atomic E-state index is 13.4. The van der Waals surface area contributed by atoms with E-state index in [1.165, 1.54) is 6.07 Å². The maximum Gasteiger partial charge on any atom is 0.319 e. The van der Waals surface area contributed by atoms with Gasteiger partial charge in [-0.15, -0.1) is 0 Å². The molecule has 6 heteroatoms. The molecule has 1 aliphatic heterocycles. The van der Waals surface area contributed by atoms with Crippen LogP contribution in [0.5, 0.6) is 0 Å². The third kappa shape index (κ3) is 4.17. The zero-order chi connectivity index (χ0) is 13.7. The van der Waals surface area contributed by atoms with Gasteiger partial charge in [-0.05, 0) is 31.5 Å². The van der Waals surface area contributed by atoms with Gasteiger partial charge in [0.25, 0.3) is 0 Å². The molecule has 1 heterocycles. The predicted octanol–water partition coefficient (Wildman–Crippen LogP) is 2.23. The van der Waals surface area contributed by atoms with Crippen LogP contribution in [-0.2, 0) is 0 Å². The van der Waals surface area contributed by atoms with E-state index in [4.69, 9.17) is 0 Å². The van der Waals surface area contributed by atoms with E-state index >= 15 is 0 Å². The van der Waals surface area contributed by atoms with E-state index in [2.05, 4.69) is 16.0 Å². The Balaban J connectivity index is 1.89. The molecule has 0 radical (unpaired) electrons. The summed E-state index contributed by atoms with van der Waals surface area (Å²) in [5.74, 6) is -1.45. The Kier molecular flexibility index (Phi) is 4.68. The smallest absolute Gasteiger partial charge is 0.319 e. The Morgan fingerprint density at radius 3 is 2.95 bits per heavy atom. The Hall–Kier alpha value is -1.69. The first-order valence-electron chi connectivity index (χ1n) is 6.38. The topological polar surface area (TPSA) is 53.2 Å². The molecule has 0 bridgehead atoms. The zero-order valence-electron chi connectivity index (χ0n) is 10.5. The monoisotopic (exact) mass is 269 g/mol. The summed E-state index contributed by atoms with van der Waals surface area (Å²) >= 11 is 0. The van der Waals surface area contributed by atoms with Gasteiger partial charge in [0.15, 0.2) is 0 Å². The lowest BCUT2D eigenvalue weighted by molar-refractivity contribution is 0.247. The normalized spacial score (nSPS) is 19.6. The highest BCUT2D eigenvalue weighted by molar-refractivity contribution is 5.89. The van der Waals surface area contributed by atoms with Gasteiger partial charge in [-0.3, -0.25) is 0 Å². The molecule has 1 aromatic carbocycles. The maximum atomic E-state index is 13.4. The minimum absolute atomic E-state index is 0.0273. The molecule has 0 aliphatic carbocycles. The fraction of sp³-hybridized carbons (Fsp3) is 0.462. The number of nitrogens with one attached hydrogen (secondary N) is 3. The van der Waals surface area contributed by atoms with Gasteiger partial charge in [0.1, 0.15) is 11.6 Å². The number of urea groups is 1. The Labute approximate surface area is 110 Å². The molecular weight excluding hydrogens is 252 g/mol. The third-order valence-corrected chi connectivity index (χ3v) is 3.06. The first-order chi connectivity index (χ1) is 9.15. The van der Waals surface area contributed by atoms with E-state index in [1.54, 1.807) is 0 Å². The second-order valence-corrected chi connectivity index (χ2v) is 4.62. The lowest BCUT2D eigenvalue weighted by Gasteiger charge is -2.17. The molecule has 1 aromatic rings. The molecule has 1 fully saturated rings. The van der Waals surface area contributed by atoms with E-state index in [-0.39, 0.29) is 11.7 Å². The average Bonchev–Trinajstić information content (AvgIpc) is 2.61. The summed E-state index contributed by atoms with van der Waals surface area (Å²) in [6.07, 6.45) is 3.03. The molecule has 3 N–H and O–H groups in total. The summed E-state index contributed by atoms with van der Waals surface area (Å²) in [4.78, 5) is 11.7. The largest absolute Gasteiger partial charge is 0.334 e. The van der Waals surface area contributed by atoms with E-state index in [9.17, 15) is 13.6 Å². The van der Waals surface area contributed by atoms with Crippen LogP contribution in [0.1, 0.15) is 19.3 Å². The van der Waals surface area contributed by atoms with Crippen molar-refractivity contribution in [1.82, 2.24) is 10.6 Å². The number of carbonyl (C=O) groups excluding carboxylic acids is 1. The van der Waals surface area contributed by atoms with Crippen molar-refractivity contribution in [3.63, 3.8) is 0 Å². The van der Waals surface area contributed by atoms with Crippen molar-refractivity contribution in [1.29, 1.82) is 0 Å². The minimum Gasteiger partial charge on any atom is -0.334 e. The van der Waals surface area contributed by atoms with Crippen molar-refractivity contribution in [3.8, 4) is 0 Å². The lowest BCUT2D eigenvalue weighted by atomic mass is 10.1. The number of carbonyl (C=O) groups is 1. The number of halogens is 2. The lowest BCUT2D eigenvalue weighted by Crippen LogP contribution is -2.43. The van der Waals surface area contributed by atoms with Crippen molar-refractivity contribution in [2.75, 3.05) is 18.4 Å². The molecular formula is C13H17F2N3O. The first-order valence-corrected chi connectivity index (χ1v) is 6.38. The molecule has 0 saturated carbocycles. The van der Waals surface area contributed by atoms with Gasteiger partial charge in [0.05, 0.1) is 5.69 Å². The molecule has 1 saturated heterocycles. The quantitative estimate of drug-likeness (QED) is 0.771. The second kappa shape index (κ2) is 6.47. The van der Waals surface area contributed by atoms with Crippen LogP contribution in [0.4, 0.5) is 19.3 Å². The van der Waals surface area contributed by atoms with Gasteiger partial charge in [0.2, 0.25) is 0 Å². The van der Waals surface area contributed by atoms with Gasteiger partial charge in [-0.25, -0.2) is 13.6 Å². The number of benzene rings is 1. The number of hydrogen-bond donors (Lipinski definition) is 3. The van der Waals surface area contributed by atoms with Crippen molar-refractivity contribution < 1.29 is 13.6 Å². The van der Waals surface area contributed by atoms with Crippen LogP contribution in [0.25, 0.3) is 0 Å². The standard InChI is InChI=1S/C13H17F2N3O/c14-9-4-5-12(11(15)7-9)18-13(19)17-10-3-1-2-6-16-8-10/h4-5,7,10,16H,1-3,6,8H2,(H2,17,18,19). The fourth-order valence-corrected chi connectivity index (χ4v) is 2.08. The van der Waals surface area contributed by atoms with Crippen molar-refractivity contribution in [2.45, 2.75) is 25.3 Å². The zero-order valence-corrected chi connectivity index (χ0v) is 10.5. The molecule has 2 amide bonds. The van der Waals surface area contributed by atoms with Crippen LogP contribution < -0.4 is 16.0 Å². The molecule has 2 rings (SSSR count). The highest BCUT2D eigenvalue weighted by atomic mass is 19.1. The van der Waals surface area contributed by atoms with Crippen molar-refractivity contribution in [2.24, 2.45) is 0 Å². The number of rotatable bonds is 2. The SMILES string of the molecule is O=C(Nc1ccc(F)cc1F)NC1CCCCNC1. The van der Waals surface area contributed by atoms with Crippen LogP contribution in [0.3, 0.4) is 0 Å². The average molecular weight is 269 g/mol. The van der Waals surface area contributed by atoms with Crippen molar-refractivity contribution in [3.05, 3.63) is 29.8 Å². The van der Waals surface area contributed by atoms with E-state index in [0.717, 1.165) is 37.9 Å². The molecule has 104 valence electrons. The van der Waals surface area contributed by atoms with Crippen LogP contribution in [-0.4, -0.2) is 25.2 Å². The predicted molar refractivity (Wildman–Crippen MR) is 69.0 cm³/mol. The fourth-order valence-electron chi connectivity index (χ4n) is 2.08. The Morgan fingerprint density at radius 1 is 1.32 bits per heavy atom. The van der Waals surface area contributed by atoms with E-state index in [1.807, 2.05) is 0 Å². The third-order valence-electron chi connectivity index (χ3n) is 3.06. The first kappa shape index (κ1) is 13.7. The van der Waals surface area contributed by atoms with Crippen LogP contribution in [0.15, 0.2) is 18.2 Å². The van der Waals surface area contributed by atoms with Gasteiger partial charge in [-0.1, -0.05) is 6.42 Å². The van der Waals surface area contributed by atoms with Gasteiger partial charge >= 0.3 is 6.03 Å². The summed E-state index contributed by atoms with van der Waals surface area (Å²) in [6, 6.07) is 2.61. The molecule has 1 atom stereocenters. The summed E-state index contributed by atoms with van der Waals surface area (Å²) in [5.41, 5.74) is -0.0273. The van der Waals surface area contributed by atoms with Crippen molar-refractivity contribution >= 4 is 11.7 Å². The van der Waals surface area contributed by atoms with Gasteiger partial charge in [0, 0.05) is 18.7 Å². The highest BCUT2D eigenvalue weighted by Crippen LogP contribution is 2.14. The summed E-state index contributed by atoms with van der Waals surface area (Å²) in [5, 5.41) is 8.38. The number of hydrogen-bond acceptors (Lipinski definition) is 2. The van der Waals surface area contributed by atoms with Crippen LogP contribution in [0, 0.1) is 11.6 Å². The molecule has 1 aliphatic rings. The summed E-state index contributed by atoms with van der Waals surface area (Å²) < 4.78 is 26.1.